The van der Waals surface area contributed by atoms with Gasteiger partial charge in [0.2, 0.25) is 10.0 Å². The molecule has 4 bridgehead atoms. The Kier molecular flexibility index (Phi) is 6.02. The number of nitrogens with zero attached hydrogens (tertiary/aromatic N) is 1. The van der Waals surface area contributed by atoms with Crippen LogP contribution in [-0.4, -0.2) is 43.8 Å². The van der Waals surface area contributed by atoms with E-state index >= 15 is 0 Å². The lowest BCUT2D eigenvalue weighted by Crippen LogP contribution is -2.51. The predicted octanol–water partition coefficient (Wildman–Crippen LogP) is 3.95. The van der Waals surface area contributed by atoms with Gasteiger partial charge in [0.15, 0.2) is 6.10 Å². The first-order valence-electron chi connectivity index (χ1n) is 12.4. The van der Waals surface area contributed by atoms with E-state index in [4.69, 9.17) is 4.74 Å². The number of sulfonamides is 1. The second kappa shape index (κ2) is 8.69. The van der Waals surface area contributed by atoms with Crippen LogP contribution in [-0.2, 0) is 24.3 Å². The Bertz CT molecular complexity index is 978. The lowest BCUT2D eigenvalue weighted by molar-refractivity contribution is -0.177. The molecule has 7 nitrogen and oxygen atoms in total. The Balaban J connectivity index is 1.19. The molecule has 8 heteroatoms. The van der Waals surface area contributed by atoms with Crippen molar-refractivity contribution in [2.24, 2.45) is 23.2 Å². The maximum absolute atomic E-state index is 13.1. The van der Waals surface area contributed by atoms with E-state index in [0.717, 1.165) is 38.5 Å². The van der Waals surface area contributed by atoms with Crippen LogP contribution in [0, 0.1) is 23.2 Å². The molecule has 5 aliphatic rings. The van der Waals surface area contributed by atoms with Crippen molar-refractivity contribution in [3.05, 3.63) is 24.3 Å². The summed E-state index contributed by atoms with van der Waals surface area (Å²) < 4.78 is 32.8. The van der Waals surface area contributed by atoms with Crippen molar-refractivity contribution in [2.45, 2.75) is 75.7 Å². The summed E-state index contributed by atoms with van der Waals surface area (Å²) in [6.45, 7) is 2.70. The van der Waals surface area contributed by atoms with Crippen molar-refractivity contribution in [2.75, 3.05) is 18.4 Å². The van der Waals surface area contributed by atoms with Gasteiger partial charge in [0.05, 0.1) is 10.3 Å². The molecule has 1 N–H and O–H groups in total. The van der Waals surface area contributed by atoms with Crippen LogP contribution < -0.4 is 5.32 Å². The third-order valence-electron chi connectivity index (χ3n) is 8.20. The quantitative estimate of drug-likeness (QED) is 0.630. The summed E-state index contributed by atoms with van der Waals surface area (Å²) in [4.78, 5) is 26.0. The normalized spacial score (nSPS) is 32.3. The number of anilines is 1. The van der Waals surface area contributed by atoms with Gasteiger partial charge in [0, 0.05) is 18.8 Å². The number of carbonyl (C=O) groups excluding carboxylic acids is 2. The first kappa shape index (κ1) is 22.8. The number of rotatable bonds is 6. The molecule has 1 aliphatic heterocycles. The number of nitrogens with one attached hydrogen (secondary N) is 1. The Morgan fingerprint density at radius 2 is 1.52 bits per heavy atom. The molecule has 4 aliphatic carbocycles. The molecule has 1 saturated heterocycles. The zero-order chi connectivity index (χ0) is 23.2. The van der Waals surface area contributed by atoms with Gasteiger partial charge < -0.3 is 10.1 Å². The number of hydrogen-bond donors (Lipinski definition) is 1. The van der Waals surface area contributed by atoms with Gasteiger partial charge in [-0.3, -0.25) is 9.59 Å². The maximum atomic E-state index is 13.1. The molecule has 0 aromatic heterocycles. The van der Waals surface area contributed by atoms with Gasteiger partial charge in [-0.15, -0.1) is 0 Å². The molecular weight excluding hydrogens is 440 g/mol. The van der Waals surface area contributed by atoms with E-state index in [1.807, 2.05) is 0 Å². The van der Waals surface area contributed by atoms with Crippen LogP contribution in [0.25, 0.3) is 0 Å². The molecule has 1 atom stereocenters. The van der Waals surface area contributed by atoms with Gasteiger partial charge in [-0.2, -0.15) is 4.31 Å². The van der Waals surface area contributed by atoms with E-state index < -0.39 is 27.4 Å². The minimum Gasteiger partial charge on any atom is -0.452 e. The summed E-state index contributed by atoms with van der Waals surface area (Å²) in [7, 11) is -3.51. The van der Waals surface area contributed by atoms with Crippen LogP contribution >= 0.6 is 0 Å². The van der Waals surface area contributed by atoms with Crippen LogP contribution in [0.2, 0.25) is 0 Å². The second-order valence-corrected chi connectivity index (χ2v) is 12.7. The monoisotopic (exact) mass is 474 g/mol. The minimum atomic E-state index is -3.51. The van der Waals surface area contributed by atoms with Gasteiger partial charge in [0.1, 0.15) is 0 Å². The van der Waals surface area contributed by atoms with E-state index in [0.29, 0.717) is 36.5 Å². The topological polar surface area (TPSA) is 92.8 Å². The lowest BCUT2D eigenvalue weighted by atomic mass is 9.49. The molecule has 1 amide bonds. The van der Waals surface area contributed by atoms with E-state index in [-0.39, 0.29) is 10.9 Å². The standard InChI is InChI=1S/C25H34N2O5S/c1-17(32-24(29)25-14-18-11-19(15-25)13-20(12-18)16-25)23(28)26-21-5-7-22(8-6-21)33(30,31)27-9-3-2-4-10-27/h5-8,17-20H,2-4,9-16H2,1H3,(H,26,28)/t17-,18?,19?,20?,25?/m1/s1. The molecule has 5 fully saturated rings. The van der Waals surface area contributed by atoms with E-state index in [9.17, 15) is 18.0 Å². The fourth-order valence-electron chi connectivity index (χ4n) is 6.91. The summed E-state index contributed by atoms with van der Waals surface area (Å²) in [5.74, 6) is 1.28. The molecular formula is C25H34N2O5S. The fraction of sp³-hybridized carbons (Fsp3) is 0.680. The minimum absolute atomic E-state index is 0.216. The third kappa shape index (κ3) is 4.44. The molecule has 0 spiro atoms. The van der Waals surface area contributed by atoms with E-state index in [1.54, 1.807) is 19.1 Å². The van der Waals surface area contributed by atoms with E-state index in [2.05, 4.69) is 5.32 Å². The number of hydrogen-bond acceptors (Lipinski definition) is 5. The molecule has 33 heavy (non-hydrogen) atoms. The van der Waals surface area contributed by atoms with Crippen molar-refractivity contribution in [1.29, 1.82) is 0 Å². The largest absolute Gasteiger partial charge is 0.452 e. The van der Waals surface area contributed by atoms with E-state index in [1.165, 1.54) is 35.7 Å². The Hall–Kier alpha value is -1.93. The second-order valence-electron chi connectivity index (χ2n) is 10.7. The van der Waals surface area contributed by atoms with Gasteiger partial charge in [-0.05, 0) is 100 Å². The zero-order valence-electron chi connectivity index (χ0n) is 19.3. The summed E-state index contributed by atoms with van der Waals surface area (Å²) in [5, 5.41) is 2.75. The number of ether oxygens (including phenoxy) is 1. The lowest BCUT2D eigenvalue weighted by Gasteiger charge is -2.55. The van der Waals surface area contributed by atoms with Gasteiger partial charge >= 0.3 is 5.97 Å². The third-order valence-corrected chi connectivity index (χ3v) is 10.1. The average molecular weight is 475 g/mol. The van der Waals surface area contributed by atoms with Crippen molar-refractivity contribution in [1.82, 2.24) is 4.31 Å². The predicted molar refractivity (Wildman–Crippen MR) is 124 cm³/mol. The molecule has 1 heterocycles. The Morgan fingerprint density at radius 3 is 2.06 bits per heavy atom. The van der Waals surface area contributed by atoms with Crippen molar-refractivity contribution < 1.29 is 22.7 Å². The van der Waals surface area contributed by atoms with Gasteiger partial charge in [0.25, 0.3) is 5.91 Å². The smallest absolute Gasteiger partial charge is 0.312 e. The molecule has 0 radical (unpaired) electrons. The number of amides is 1. The molecule has 0 unspecified atom stereocenters. The maximum Gasteiger partial charge on any atom is 0.312 e. The number of esters is 1. The number of piperidine rings is 1. The first-order chi connectivity index (χ1) is 15.7. The van der Waals surface area contributed by atoms with Crippen molar-refractivity contribution in [3.8, 4) is 0 Å². The molecule has 6 rings (SSSR count). The number of benzene rings is 1. The highest BCUT2D eigenvalue weighted by Crippen LogP contribution is 2.60. The molecule has 1 aromatic rings. The zero-order valence-corrected chi connectivity index (χ0v) is 20.1. The molecule has 1 aromatic carbocycles. The van der Waals surface area contributed by atoms with Crippen LogP contribution in [0.3, 0.4) is 0 Å². The summed E-state index contributed by atoms with van der Waals surface area (Å²) in [6.07, 6.45) is 8.35. The summed E-state index contributed by atoms with van der Waals surface area (Å²) in [6, 6.07) is 6.21. The average Bonchev–Trinajstić information content (AvgIpc) is 2.79. The van der Waals surface area contributed by atoms with Crippen molar-refractivity contribution >= 4 is 27.6 Å². The van der Waals surface area contributed by atoms with Crippen LogP contribution in [0.1, 0.15) is 64.7 Å². The van der Waals surface area contributed by atoms with Crippen LogP contribution in [0.5, 0.6) is 0 Å². The van der Waals surface area contributed by atoms with Crippen LogP contribution in [0.15, 0.2) is 29.2 Å². The first-order valence-corrected chi connectivity index (χ1v) is 13.8. The SMILES string of the molecule is C[C@@H](OC(=O)C12CC3CC(CC(C3)C1)C2)C(=O)Nc1ccc(S(=O)(=O)N2CCCCC2)cc1. The van der Waals surface area contributed by atoms with Gasteiger partial charge in [-0.25, -0.2) is 8.42 Å². The highest BCUT2D eigenvalue weighted by atomic mass is 32.2. The highest BCUT2D eigenvalue weighted by Gasteiger charge is 2.55. The Morgan fingerprint density at radius 1 is 0.970 bits per heavy atom. The number of carbonyl (C=O) groups is 2. The Labute approximate surface area is 196 Å². The van der Waals surface area contributed by atoms with Gasteiger partial charge in [-0.1, -0.05) is 6.42 Å². The van der Waals surface area contributed by atoms with Crippen LogP contribution in [0.4, 0.5) is 5.69 Å². The summed E-state index contributed by atoms with van der Waals surface area (Å²) >= 11 is 0. The molecule has 180 valence electrons. The fourth-order valence-corrected chi connectivity index (χ4v) is 8.43. The summed E-state index contributed by atoms with van der Waals surface area (Å²) in [5.41, 5.74) is 0.0867. The highest BCUT2D eigenvalue weighted by molar-refractivity contribution is 7.89. The molecule has 4 saturated carbocycles. The van der Waals surface area contributed by atoms with Crippen molar-refractivity contribution in [3.63, 3.8) is 0 Å².